The van der Waals surface area contributed by atoms with Gasteiger partial charge in [0.15, 0.2) is 17.6 Å². The number of nitrogens with one attached hydrogen (secondary N) is 2. The summed E-state index contributed by atoms with van der Waals surface area (Å²) in [5.41, 5.74) is 5.90. The number of aromatic nitrogens is 1. The van der Waals surface area contributed by atoms with Crippen LogP contribution in [0.5, 0.6) is 28.7 Å². The molecule has 0 saturated heterocycles. The van der Waals surface area contributed by atoms with Crippen molar-refractivity contribution in [3.05, 3.63) is 140 Å². The summed E-state index contributed by atoms with van der Waals surface area (Å²) >= 11 is 12.2. The van der Waals surface area contributed by atoms with Gasteiger partial charge in [-0.15, -0.1) is 0 Å². The first kappa shape index (κ1) is 41.7. The SMILES string of the molecule is Cc1nccc(Oc2ccc(C[C@H](NC(=O)[C@@H]3Cc4cc5c(cc4CN3C(=O)NC3CCCC3)O[C@@H](c3ccc(OCc4ccc(Cl)c(Cl)c4)cc3)CO5)C(=O)O)cc2)c1C. The number of carbonyl (C=O) groups is 3. The fraction of sp³-hybridized carbons (Fsp3) is 0.319. The molecule has 14 heteroatoms. The number of hydrogen-bond acceptors (Lipinski definition) is 8. The van der Waals surface area contributed by atoms with E-state index in [1.54, 1.807) is 48.7 Å². The minimum Gasteiger partial charge on any atom is -0.489 e. The first-order valence-corrected chi connectivity index (χ1v) is 21.1. The van der Waals surface area contributed by atoms with Crippen LogP contribution < -0.4 is 29.6 Å². The van der Waals surface area contributed by atoms with Crippen LogP contribution in [0.15, 0.2) is 91.1 Å². The summed E-state index contributed by atoms with van der Waals surface area (Å²) < 4.78 is 24.7. The van der Waals surface area contributed by atoms with Gasteiger partial charge in [0.1, 0.15) is 42.5 Å². The molecule has 0 unspecified atom stereocenters. The summed E-state index contributed by atoms with van der Waals surface area (Å²) in [5.74, 6) is 1.27. The second-order valence-corrected chi connectivity index (χ2v) is 16.6. The van der Waals surface area contributed by atoms with Gasteiger partial charge < -0.3 is 39.6 Å². The van der Waals surface area contributed by atoms with E-state index in [1.165, 1.54) is 4.90 Å². The first-order valence-electron chi connectivity index (χ1n) is 20.4. The number of carboxylic acid groups (broad SMARTS) is 1. The van der Waals surface area contributed by atoms with Crippen molar-refractivity contribution >= 4 is 41.1 Å². The lowest BCUT2D eigenvalue weighted by Crippen LogP contribution is -2.58. The van der Waals surface area contributed by atoms with Gasteiger partial charge in [-0.2, -0.15) is 0 Å². The van der Waals surface area contributed by atoms with E-state index < -0.39 is 30.1 Å². The number of ether oxygens (including phenoxy) is 4. The Labute approximate surface area is 364 Å². The van der Waals surface area contributed by atoms with Gasteiger partial charge in [-0.25, -0.2) is 9.59 Å². The standard InChI is InChI=1S/C47H46Cl2N4O8/c1-27-28(2)50-18-17-41(27)60-36-12-7-29(8-13-36)20-39(46(55)56)52-45(54)40-21-32-22-42-43(23-33(32)24-53(40)47(57)51-34-5-3-4-6-34)61-44(26-59-42)31-10-14-35(15-11-31)58-25-30-9-16-37(48)38(49)19-30/h7-19,22-23,34,39-40,44H,3-6,20-21,24-26H2,1-2H3,(H,51,57)(H,52,54)(H,55,56)/t39-,40-,44+/m0/s1. The lowest BCUT2D eigenvalue weighted by Gasteiger charge is -2.38. The summed E-state index contributed by atoms with van der Waals surface area (Å²) in [7, 11) is 0. The highest BCUT2D eigenvalue weighted by Crippen LogP contribution is 2.41. The highest BCUT2D eigenvalue weighted by atomic mass is 35.5. The molecule has 3 heterocycles. The van der Waals surface area contributed by atoms with E-state index in [0.29, 0.717) is 51.0 Å². The van der Waals surface area contributed by atoms with Crippen molar-refractivity contribution in [2.24, 2.45) is 0 Å². The Balaban J connectivity index is 0.951. The van der Waals surface area contributed by atoms with Gasteiger partial charge in [-0.3, -0.25) is 9.78 Å². The fourth-order valence-corrected chi connectivity index (χ4v) is 8.24. The molecule has 1 aliphatic carbocycles. The van der Waals surface area contributed by atoms with Crippen LogP contribution in [0.4, 0.5) is 4.79 Å². The van der Waals surface area contributed by atoms with E-state index >= 15 is 0 Å². The van der Waals surface area contributed by atoms with Gasteiger partial charge in [-0.1, -0.05) is 66.4 Å². The predicted molar refractivity (Wildman–Crippen MR) is 230 cm³/mol. The number of urea groups is 1. The molecule has 61 heavy (non-hydrogen) atoms. The molecule has 5 aromatic rings. The smallest absolute Gasteiger partial charge is 0.326 e. The number of aryl methyl sites for hydroxylation is 1. The van der Waals surface area contributed by atoms with E-state index in [9.17, 15) is 19.5 Å². The van der Waals surface area contributed by atoms with Crippen molar-refractivity contribution in [2.75, 3.05) is 6.61 Å². The largest absolute Gasteiger partial charge is 0.489 e. The van der Waals surface area contributed by atoms with E-state index in [0.717, 1.165) is 59.2 Å². The van der Waals surface area contributed by atoms with Crippen LogP contribution in [0.25, 0.3) is 0 Å². The Bertz CT molecular complexity index is 2420. The van der Waals surface area contributed by atoms with Crippen LogP contribution in [-0.4, -0.2) is 57.6 Å². The van der Waals surface area contributed by atoms with Crippen LogP contribution in [0.3, 0.4) is 0 Å². The number of fused-ring (bicyclic) bond motifs is 2. The van der Waals surface area contributed by atoms with Gasteiger partial charge in [0.05, 0.1) is 10.0 Å². The van der Waals surface area contributed by atoms with E-state index in [4.69, 9.17) is 42.1 Å². The van der Waals surface area contributed by atoms with E-state index in [1.807, 2.05) is 56.3 Å². The van der Waals surface area contributed by atoms with Gasteiger partial charge in [-0.05, 0) is 109 Å². The van der Waals surface area contributed by atoms with Crippen LogP contribution in [-0.2, 0) is 35.6 Å². The molecule has 0 bridgehead atoms. The lowest BCUT2D eigenvalue weighted by molar-refractivity contribution is -0.142. The number of aliphatic carboxylic acids is 1. The molecule has 2 aliphatic heterocycles. The zero-order valence-electron chi connectivity index (χ0n) is 33.8. The molecule has 0 radical (unpaired) electrons. The van der Waals surface area contributed by atoms with Gasteiger partial charge >= 0.3 is 12.0 Å². The summed E-state index contributed by atoms with van der Waals surface area (Å²) in [6, 6.07) is 23.0. The molecule has 1 aromatic heterocycles. The number of carboxylic acids is 1. The maximum Gasteiger partial charge on any atom is 0.326 e. The second-order valence-electron chi connectivity index (χ2n) is 15.7. The molecule has 8 rings (SSSR count). The highest BCUT2D eigenvalue weighted by Gasteiger charge is 2.38. The molecule has 3 atom stereocenters. The van der Waals surface area contributed by atoms with E-state index in [2.05, 4.69) is 15.6 Å². The Kier molecular flexibility index (Phi) is 12.5. The van der Waals surface area contributed by atoms with Crippen LogP contribution in [0.2, 0.25) is 10.0 Å². The Hall–Kier alpha value is -5.98. The average Bonchev–Trinajstić information content (AvgIpc) is 3.78. The molecule has 1 saturated carbocycles. The molecule has 3 N–H and O–H groups in total. The number of benzene rings is 4. The minimum absolute atomic E-state index is 0.0107. The quantitative estimate of drug-likeness (QED) is 0.112. The molecule has 316 valence electrons. The monoisotopic (exact) mass is 864 g/mol. The zero-order valence-corrected chi connectivity index (χ0v) is 35.3. The molecule has 0 spiro atoms. The number of rotatable bonds is 12. The van der Waals surface area contributed by atoms with Crippen molar-refractivity contribution in [3.63, 3.8) is 0 Å². The Morgan fingerprint density at radius 2 is 1.61 bits per heavy atom. The van der Waals surface area contributed by atoms with Crippen LogP contribution in [0.1, 0.15) is 70.9 Å². The second kappa shape index (κ2) is 18.3. The van der Waals surface area contributed by atoms with Crippen molar-refractivity contribution in [1.29, 1.82) is 0 Å². The zero-order chi connectivity index (χ0) is 42.6. The molecule has 4 aromatic carbocycles. The number of amides is 3. The highest BCUT2D eigenvalue weighted by molar-refractivity contribution is 6.42. The molecular formula is C47H46Cl2N4O8. The third-order valence-electron chi connectivity index (χ3n) is 11.6. The third kappa shape index (κ3) is 9.82. The van der Waals surface area contributed by atoms with Crippen molar-refractivity contribution < 1.29 is 38.4 Å². The number of halogens is 2. The van der Waals surface area contributed by atoms with Gasteiger partial charge in [0, 0.05) is 42.9 Å². The van der Waals surface area contributed by atoms with Crippen LogP contribution in [0, 0.1) is 13.8 Å². The van der Waals surface area contributed by atoms with Gasteiger partial charge in [0.2, 0.25) is 5.91 Å². The normalized spacial score (nSPS) is 17.5. The first-order chi connectivity index (χ1) is 29.5. The summed E-state index contributed by atoms with van der Waals surface area (Å²) in [4.78, 5) is 46.4. The maximum absolute atomic E-state index is 14.1. The average molecular weight is 866 g/mol. The number of pyridine rings is 1. The summed E-state index contributed by atoms with van der Waals surface area (Å²) in [6.45, 7) is 4.55. The summed E-state index contributed by atoms with van der Waals surface area (Å²) in [6.07, 6.45) is 5.25. The predicted octanol–water partition coefficient (Wildman–Crippen LogP) is 9.08. The third-order valence-corrected chi connectivity index (χ3v) is 12.3. The topological polar surface area (TPSA) is 149 Å². The molecule has 3 amide bonds. The maximum atomic E-state index is 14.1. The molecule has 3 aliphatic rings. The van der Waals surface area contributed by atoms with Crippen molar-refractivity contribution in [1.82, 2.24) is 20.5 Å². The molecular weight excluding hydrogens is 819 g/mol. The summed E-state index contributed by atoms with van der Waals surface area (Å²) in [5, 5.41) is 17.1. The fourth-order valence-electron chi connectivity index (χ4n) is 7.92. The number of carbonyl (C=O) groups excluding carboxylic acids is 2. The number of nitrogens with zero attached hydrogens (tertiary/aromatic N) is 2. The number of hydrogen-bond donors (Lipinski definition) is 3. The van der Waals surface area contributed by atoms with Crippen molar-refractivity contribution in [2.45, 2.75) is 89.8 Å². The van der Waals surface area contributed by atoms with Crippen LogP contribution >= 0.6 is 23.2 Å². The minimum atomic E-state index is -1.24. The Morgan fingerprint density at radius 1 is 0.885 bits per heavy atom. The van der Waals surface area contributed by atoms with E-state index in [-0.39, 0.29) is 38.1 Å². The molecule has 12 nitrogen and oxygen atoms in total. The molecule has 1 fully saturated rings. The van der Waals surface area contributed by atoms with Crippen molar-refractivity contribution in [3.8, 4) is 28.7 Å². The lowest BCUT2D eigenvalue weighted by atomic mass is 9.92. The van der Waals surface area contributed by atoms with Gasteiger partial charge in [0.25, 0.3) is 0 Å². The Morgan fingerprint density at radius 3 is 2.34 bits per heavy atom.